The molecule has 4 heterocycles. The van der Waals surface area contributed by atoms with Gasteiger partial charge in [0.05, 0.1) is 11.4 Å². The Morgan fingerprint density at radius 3 is 0.957 bits per heavy atom. The fourth-order valence-electron chi connectivity index (χ4n) is 4.15. The first-order chi connectivity index (χ1) is 21.7. The van der Waals surface area contributed by atoms with Crippen molar-refractivity contribution in [2.24, 2.45) is 0 Å². The summed E-state index contributed by atoms with van der Waals surface area (Å²) in [4.78, 5) is 16.9. The van der Waals surface area contributed by atoms with Gasteiger partial charge in [-0.25, -0.2) is 35.4 Å². The third-order valence-corrected chi connectivity index (χ3v) is 6.32. The average Bonchev–Trinajstić information content (AvgIpc) is 3.11. The summed E-state index contributed by atoms with van der Waals surface area (Å²) in [5.41, 5.74) is 6.81. The SMILES string of the molecule is Oc1ccccc1-c1ccccn1.Oc1ccccc1-c1ccccn1.[Pt].[Pt].[c-]1cc(-c2ccccn2)[c-]cc1-c1ccccn1. The number of phenols is 2. The van der Waals surface area contributed by atoms with Gasteiger partial charge in [-0.15, -0.1) is 0 Å². The van der Waals surface area contributed by atoms with Gasteiger partial charge in [0, 0.05) is 78.0 Å². The molecule has 0 atom stereocenters. The van der Waals surface area contributed by atoms with E-state index in [0.29, 0.717) is 0 Å². The molecule has 0 aliphatic carbocycles. The second-order valence-corrected chi connectivity index (χ2v) is 9.30. The maximum absolute atomic E-state index is 9.52. The van der Waals surface area contributed by atoms with Gasteiger partial charge in [-0.2, -0.15) is 0 Å². The van der Waals surface area contributed by atoms with Crippen molar-refractivity contribution in [2.45, 2.75) is 0 Å². The van der Waals surface area contributed by atoms with Gasteiger partial charge < -0.3 is 20.2 Å². The first-order valence-corrected chi connectivity index (χ1v) is 13.8. The average molecular weight is 963 g/mol. The number of hydrogen-bond acceptors (Lipinski definition) is 6. The Balaban J connectivity index is 0.000000188. The van der Waals surface area contributed by atoms with Gasteiger partial charge in [0.1, 0.15) is 11.5 Å². The molecule has 0 saturated heterocycles. The minimum absolute atomic E-state index is 0. The van der Waals surface area contributed by atoms with Gasteiger partial charge in [0.2, 0.25) is 0 Å². The van der Waals surface area contributed by atoms with Crippen molar-refractivity contribution >= 4 is 0 Å². The molecule has 8 heteroatoms. The van der Waals surface area contributed by atoms with Crippen LogP contribution >= 0.6 is 0 Å². The predicted molar refractivity (Wildman–Crippen MR) is 173 cm³/mol. The van der Waals surface area contributed by atoms with Crippen molar-refractivity contribution in [1.82, 2.24) is 19.9 Å². The molecule has 6 nitrogen and oxygen atoms in total. The van der Waals surface area contributed by atoms with Crippen LogP contribution in [0.4, 0.5) is 0 Å². The molecule has 0 aliphatic heterocycles. The van der Waals surface area contributed by atoms with Crippen LogP contribution in [0.25, 0.3) is 45.0 Å². The molecule has 0 saturated carbocycles. The molecule has 0 amide bonds. The molecule has 0 fully saturated rings. The normalized spacial score (nSPS) is 9.57. The smallest absolute Gasteiger partial charge is 0.124 e. The molecule has 0 spiro atoms. The number of hydrogen-bond donors (Lipinski definition) is 2. The molecule has 4 aromatic heterocycles. The zero-order valence-electron chi connectivity index (χ0n) is 24.3. The number of aromatic nitrogens is 4. The first kappa shape index (κ1) is 35.7. The Morgan fingerprint density at radius 2 is 0.674 bits per heavy atom. The number of aromatic hydroxyl groups is 2. The number of rotatable bonds is 4. The van der Waals surface area contributed by atoms with Gasteiger partial charge >= 0.3 is 0 Å². The Kier molecular flexibility index (Phi) is 14.7. The third kappa shape index (κ3) is 10.1. The van der Waals surface area contributed by atoms with E-state index in [1.54, 1.807) is 49.1 Å². The molecule has 46 heavy (non-hydrogen) atoms. The summed E-state index contributed by atoms with van der Waals surface area (Å²) in [6.45, 7) is 0. The Morgan fingerprint density at radius 1 is 0.370 bits per heavy atom. The number of pyridine rings is 4. The van der Waals surface area contributed by atoms with E-state index in [9.17, 15) is 10.2 Å². The molecule has 7 rings (SSSR count). The number of nitrogens with zero attached hydrogens (tertiary/aromatic N) is 4. The number of benzene rings is 3. The van der Waals surface area contributed by atoms with Gasteiger partial charge in [0.25, 0.3) is 0 Å². The van der Waals surface area contributed by atoms with E-state index in [1.807, 2.05) is 109 Å². The predicted octanol–water partition coefficient (Wildman–Crippen LogP) is 8.31. The third-order valence-electron chi connectivity index (χ3n) is 6.32. The summed E-state index contributed by atoms with van der Waals surface area (Å²) in [5.74, 6) is 0.530. The van der Waals surface area contributed by atoms with Crippen molar-refractivity contribution in [3.05, 3.63) is 170 Å². The molecule has 0 unspecified atom stereocenters. The molecule has 0 bridgehead atoms. The summed E-state index contributed by atoms with van der Waals surface area (Å²) in [6.07, 6.45) is 6.97. The molecule has 3 aromatic carbocycles. The van der Waals surface area contributed by atoms with Crippen molar-refractivity contribution in [3.8, 4) is 56.5 Å². The molecular formula is C38H28N4O2Pt2-2. The molecule has 0 aliphatic rings. The number of para-hydroxylation sites is 2. The molecule has 0 radical (unpaired) electrons. The molecular weight excluding hydrogens is 935 g/mol. The van der Waals surface area contributed by atoms with Gasteiger partial charge in [-0.1, -0.05) is 72.1 Å². The van der Waals surface area contributed by atoms with Crippen LogP contribution in [0.3, 0.4) is 0 Å². The second-order valence-electron chi connectivity index (χ2n) is 9.30. The molecule has 7 aromatic rings. The standard InChI is InChI=1S/C16H10N2.2C11H9NO.2Pt/c1-3-11-17-15(5-1)13-7-9-14(10-8-13)16-6-2-4-12-18-16;2*13-11-7-2-1-5-9(11)10-6-3-4-8-12-10;;/h1-7,10-12H;2*1-8,13H;;/q-2;;;;. The maximum Gasteiger partial charge on any atom is 0.124 e. The van der Waals surface area contributed by atoms with Crippen molar-refractivity contribution in [3.63, 3.8) is 0 Å². The summed E-state index contributed by atoms with van der Waals surface area (Å²) < 4.78 is 0. The fourth-order valence-corrected chi connectivity index (χ4v) is 4.15. The summed E-state index contributed by atoms with van der Waals surface area (Å²) >= 11 is 0. The first-order valence-electron chi connectivity index (χ1n) is 13.8. The van der Waals surface area contributed by atoms with Crippen LogP contribution in [0.2, 0.25) is 0 Å². The van der Waals surface area contributed by atoms with Gasteiger partial charge in [-0.05, 0) is 60.7 Å². The Labute approximate surface area is 297 Å². The topological polar surface area (TPSA) is 92.0 Å². The minimum Gasteiger partial charge on any atom is -0.507 e. The maximum atomic E-state index is 9.52. The monoisotopic (exact) mass is 962 g/mol. The van der Waals surface area contributed by atoms with Crippen molar-refractivity contribution in [2.75, 3.05) is 0 Å². The molecule has 234 valence electrons. The minimum atomic E-state index is 0. The summed E-state index contributed by atoms with van der Waals surface area (Å²) in [7, 11) is 0. The second kappa shape index (κ2) is 18.9. The van der Waals surface area contributed by atoms with Crippen LogP contribution in [0, 0.1) is 12.1 Å². The van der Waals surface area contributed by atoms with Crippen LogP contribution in [0.5, 0.6) is 11.5 Å². The Hall–Kier alpha value is -4.76. The van der Waals surface area contributed by atoms with Crippen LogP contribution in [-0.2, 0) is 42.1 Å². The van der Waals surface area contributed by atoms with E-state index in [0.717, 1.165) is 45.0 Å². The zero-order valence-corrected chi connectivity index (χ0v) is 28.9. The van der Waals surface area contributed by atoms with E-state index >= 15 is 0 Å². The molecule has 2 N–H and O–H groups in total. The van der Waals surface area contributed by atoms with E-state index in [4.69, 9.17) is 0 Å². The summed E-state index contributed by atoms with van der Waals surface area (Å²) in [5, 5.41) is 19.0. The van der Waals surface area contributed by atoms with Crippen LogP contribution in [0.15, 0.2) is 158 Å². The zero-order chi connectivity index (χ0) is 30.4. The van der Waals surface area contributed by atoms with Gasteiger partial charge in [-0.3, -0.25) is 9.97 Å². The number of phenolic OH excluding ortho intramolecular Hbond substituents is 2. The van der Waals surface area contributed by atoms with Crippen LogP contribution in [-0.4, -0.2) is 30.1 Å². The van der Waals surface area contributed by atoms with Crippen LogP contribution < -0.4 is 0 Å². The van der Waals surface area contributed by atoms with E-state index in [2.05, 4.69) is 32.1 Å². The van der Waals surface area contributed by atoms with E-state index in [-0.39, 0.29) is 53.6 Å². The van der Waals surface area contributed by atoms with E-state index < -0.39 is 0 Å². The summed E-state index contributed by atoms with van der Waals surface area (Å²) in [6, 6.07) is 47.4. The quantitative estimate of drug-likeness (QED) is 0.173. The van der Waals surface area contributed by atoms with Crippen molar-refractivity contribution in [1.29, 1.82) is 0 Å². The van der Waals surface area contributed by atoms with Gasteiger partial charge in [0.15, 0.2) is 0 Å². The fraction of sp³-hybridized carbons (Fsp3) is 0. The van der Waals surface area contributed by atoms with Crippen molar-refractivity contribution < 1.29 is 52.3 Å². The Bertz CT molecular complexity index is 1720. The largest absolute Gasteiger partial charge is 0.507 e. The van der Waals surface area contributed by atoms with E-state index in [1.165, 1.54) is 0 Å². The van der Waals surface area contributed by atoms with Crippen LogP contribution in [0.1, 0.15) is 0 Å².